The van der Waals surface area contributed by atoms with Crippen LogP contribution in [-0.2, 0) is 28.6 Å². The second kappa shape index (κ2) is 18.2. The van der Waals surface area contributed by atoms with Crippen LogP contribution in [-0.4, -0.2) is 34.7 Å². The molecule has 0 bridgehead atoms. The number of ether oxygens (including phenoxy) is 3. The Labute approximate surface area is 281 Å². The first-order chi connectivity index (χ1) is 21.0. The molecule has 0 aliphatic rings. The SMILES string of the molecule is C=C(C)C(=O)OC(CC)(C(C)CCCC(OC(=O)C(=C)F)(C(C)C)C(C)C)C(C)CCC(C)C(OC(=O)C(=C)C)(C(C)C)C(C)C. The Kier molecular flexibility index (Phi) is 17.2. The fraction of sp³-hybridized carbons (Fsp3) is 0.769. The van der Waals surface area contributed by atoms with Gasteiger partial charge in [-0.25, -0.2) is 14.4 Å². The van der Waals surface area contributed by atoms with Crippen LogP contribution in [0.4, 0.5) is 4.39 Å². The van der Waals surface area contributed by atoms with Gasteiger partial charge in [0.25, 0.3) is 0 Å². The summed E-state index contributed by atoms with van der Waals surface area (Å²) in [7, 11) is 0. The van der Waals surface area contributed by atoms with Crippen molar-refractivity contribution in [2.45, 2.75) is 152 Å². The van der Waals surface area contributed by atoms with Crippen LogP contribution < -0.4 is 0 Å². The number of rotatable bonds is 21. The van der Waals surface area contributed by atoms with E-state index in [1.807, 2.05) is 34.6 Å². The highest BCUT2D eigenvalue weighted by atomic mass is 19.1. The van der Waals surface area contributed by atoms with Crippen LogP contribution >= 0.6 is 0 Å². The van der Waals surface area contributed by atoms with Crippen molar-refractivity contribution in [1.82, 2.24) is 0 Å². The van der Waals surface area contributed by atoms with Crippen molar-refractivity contribution >= 4 is 17.9 Å². The summed E-state index contributed by atoms with van der Waals surface area (Å²) in [5.74, 6) is -2.93. The second-order valence-corrected chi connectivity index (χ2v) is 15.0. The van der Waals surface area contributed by atoms with Gasteiger partial charge in [-0.05, 0) is 93.8 Å². The first kappa shape index (κ1) is 43.6. The summed E-state index contributed by atoms with van der Waals surface area (Å²) < 4.78 is 32.1. The molecule has 0 aromatic heterocycles. The predicted molar refractivity (Wildman–Crippen MR) is 187 cm³/mol. The highest BCUT2D eigenvalue weighted by Gasteiger charge is 2.48. The van der Waals surface area contributed by atoms with E-state index >= 15 is 0 Å². The smallest absolute Gasteiger partial charge is 0.367 e. The third-order valence-electron chi connectivity index (χ3n) is 10.7. The average Bonchev–Trinajstić information content (AvgIpc) is 2.94. The van der Waals surface area contributed by atoms with Crippen LogP contribution in [0.15, 0.2) is 36.7 Å². The lowest BCUT2D eigenvalue weighted by Crippen LogP contribution is -2.51. The van der Waals surface area contributed by atoms with E-state index in [-0.39, 0.29) is 47.4 Å². The molecular weight excluding hydrogens is 583 g/mol. The van der Waals surface area contributed by atoms with E-state index < -0.39 is 34.6 Å². The van der Waals surface area contributed by atoms with Crippen molar-refractivity contribution in [3.05, 3.63) is 36.7 Å². The van der Waals surface area contributed by atoms with Crippen molar-refractivity contribution in [2.75, 3.05) is 0 Å². The lowest BCUT2D eigenvalue weighted by molar-refractivity contribution is -0.181. The molecule has 0 N–H and O–H groups in total. The maximum atomic E-state index is 13.7. The van der Waals surface area contributed by atoms with Gasteiger partial charge in [0.15, 0.2) is 0 Å². The third-order valence-corrected chi connectivity index (χ3v) is 10.7. The first-order valence-electron chi connectivity index (χ1n) is 17.3. The standard InChI is InChI=1S/C39H67FO6/c1-18-37(44-34(41)24(2)3,30(14)20-19-23-38(26(6)7,27(8)9)45-36(43)33(17)40)31(15)21-22-32(16)39(28(10)11,29(12)13)46-35(42)25(4)5/h26-32H,2,4,17-23H2,1,3,5-16H3. The maximum absolute atomic E-state index is 13.7. The van der Waals surface area contributed by atoms with Gasteiger partial charge < -0.3 is 14.2 Å². The van der Waals surface area contributed by atoms with E-state index in [1.54, 1.807) is 13.8 Å². The molecule has 0 aliphatic carbocycles. The minimum Gasteiger partial charge on any atom is -0.455 e. The number of halogens is 1. The topological polar surface area (TPSA) is 78.9 Å². The van der Waals surface area contributed by atoms with Gasteiger partial charge in [-0.1, -0.05) is 103 Å². The molecule has 266 valence electrons. The Morgan fingerprint density at radius 3 is 1.35 bits per heavy atom. The summed E-state index contributed by atoms with van der Waals surface area (Å²) in [5, 5.41) is 0. The van der Waals surface area contributed by atoms with Crippen molar-refractivity contribution in [3.63, 3.8) is 0 Å². The largest absolute Gasteiger partial charge is 0.455 e. The van der Waals surface area contributed by atoms with Gasteiger partial charge in [0, 0.05) is 11.1 Å². The van der Waals surface area contributed by atoms with Gasteiger partial charge in [-0.2, -0.15) is 4.39 Å². The van der Waals surface area contributed by atoms with Gasteiger partial charge in [-0.3, -0.25) is 0 Å². The van der Waals surface area contributed by atoms with Crippen molar-refractivity contribution in [1.29, 1.82) is 0 Å². The van der Waals surface area contributed by atoms with Gasteiger partial charge in [0.2, 0.25) is 5.83 Å². The number of hydrogen-bond acceptors (Lipinski definition) is 6. The van der Waals surface area contributed by atoms with Crippen LogP contribution in [0.3, 0.4) is 0 Å². The molecule has 0 aromatic rings. The van der Waals surface area contributed by atoms with E-state index in [4.69, 9.17) is 14.2 Å². The normalized spacial score (nSPS) is 15.7. The summed E-state index contributed by atoms with van der Waals surface area (Å²) in [4.78, 5) is 38.2. The molecule has 6 nitrogen and oxygen atoms in total. The maximum Gasteiger partial charge on any atom is 0.367 e. The number of carbonyl (C=O) groups excluding carboxylic acids is 3. The number of hydrogen-bond donors (Lipinski definition) is 0. The molecule has 4 unspecified atom stereocenters. The molecule has 0 radical (unpaired) electrons. The summed E-state index contributed by atoms with van der Waals surface area (Å²) >= 11 is 0. The zero-order valence-electron chi connectivity index (χ0n) is 31.7. The van der Waals surface area contributed by atoms with Gasteiger partial charge in [-0.15, -0.1) is 0 Å². The quantitative estimate of drug-likeness (QED) is 0.0699. The molecule has 46 heavy (non-hydrogen) atoms. The minimum absolute atomic E-state index is 0.0256. The molecule has 4 atom stereocenters. The molecule has 0 heterocycles. The van der Waals surface area contributed by atoms with E-state index in [0.29, 0.717) is 36.8 Å². The molecule has 0 saturated carbocycles. The Hall–Kier alpha value is -2.44. The fourth-order valence-electron chi connectivity index (χ4n) is 7.76. The summed E-state index contributed by atoms with van der Waals surface area (Å²) in [6, 6.07) is 0. The second-order valence-electron chi connectivity index (χ2n) is 15.0. The molecule has 0 fully saturated rings. The highest BCUT2D eigenvalue weighted by molar-refractivity contribution is 5.88. The molecule has 0 spiro atoms. The summed E-state index contributed by atoms with van der Waals surface area (Å²) in [6.07, 6.45) is 4.01. The van der Waals surface area contributed by atoms with Crippen LogP contribution in [0.25, 0.3) is 0 Å². The molecule has 7 heteroatoms. The van der Waals surface area contributed by atoms with Crippen molar-refractivity contribution in [2.24, 2.45) is 41.4 Å². The fourth-order valence-corrected chi connectivity index (χ4v) is 7.76. The average molecular weight is 651 g/mol. The Balaban J connectivity index is 6.40. The van der Waals surface area contributed by atoms with E-state index in [0.717, 1.165) is 12.8 Å². The molecule has 0 aromatic carbocycles. The van der Waals surface area contributed by atoms with E-state index in [2.05, 4.69) is 68.2 Å². The van der Waals surface area contributed by atoms with E-state index in [9.17, 15) is 18.8 Å². The number of esters is 3. The van der Waals surface area contributed by atoms with Crippen LogP contribution in [0.5, 0.6) is 0 Å². The minimum atomic E-state index is -1.10. The van der Waals surface area contributed by atoms with Crippen molar-refractivity contribution in [3.8, 4) is 0 Å². The Bertz CT molecular complexity index is 1050. The van der Waals surface area contributed by atoms with Crippen LogP contribution in [0.2, 0.25) is 0 Å². The van der Waals surface area contributed by atoms with Gasteiger partial charge in [0.1, 0.15) is 16.8 Å². The van der Waals surface area contributed by atoms with Gasteiger partial charge >= 0.3 is 17.9 Å². The first-order valence-corrected chi connectivity index (χ1v) is 17.3. The zero-order chi connectivity index (χ0) is 36.4. The highest BCUT2D eigenvalue weighted by Crippen LogP contribution is 2.45. The Morgan fingerprint density at radius 1 is 0.587 bits per heavy atom. The molecule has 0 saturated heterocycles. The van der Waals surface area contributed by atoms with Gasteiger partial charge in [0.05, 0.1) is 0 Å². The summed E-state index contributed by atoms with van der Waals surface area (Å²) in [6.45, 7) is 38.8. The molecule has 0 amide bonds. The Morgan fingerprint density at radius 2 is 0.978 bits per heavy atom. The zero-order valence-corrected chi connectivity index (χ0v) is 31.7. The molecular formula is C39H67FO6. The van der Waals surface area contributed by atoms with Crippen LogP contribution in [0.1, 0.15) is 135 Å². The lowest BCUT2D eigenvalue weighted by atomic mass is 9.67. The number of carbonyl (C=O) groups is 3. The molecule has 0 aliphatic heterocycles. The third kappa shape index (κ3) is 10.3. The lowest BCUT2D eigenvalue weighted by Gasteiger charge is -2.47. The molecule has 0 rings (SSSR count). The van der Waals surface area contributed by atoms with E-state index in [1.165, 1.54) is 0 Å². The van der Waals surface area contributed by atoms with Crippen molar-refractivity contribution < 1.29 is 33.0 Å². The van der Waals surface area contributed by atoms with Crippen LogP contribution in [0, 0.1) is 41.4 Å². The summed E-state index contributed by atoms with van der Waals surface area (Å²) in [5.41, 5.74) is -1.63. The predicted octanol–water partition coefficient (Wildman–Crippen LogP) is 10.4. The monoisotopic (exact) mass is 650 g/mol.